The zero-order valence-corrected chi connectivity index (χ0v) is 11.6. The maximum atomic E-state index is 12.4. The highest BCUT2D eigenvalue weighted by Gasteiger charge is 2.36. The summed E-state index contributed by atoms with van der Waals surface area (Å²) in [7, 11) is 0. The number of aromatic nitrogens is 1. The second-order valence-electron chi connectivity index (χ2n) is 5.45. The Morgan fingerprint density at radius 2 is 2.16 bits per heavy atom. The summed E-state index contributed by atoms with van der Waals surface area (Å²) in [5, 5.41) is 2.76. The van der Waals surface area contributed by atoms with Crippen LogP contribution < -0.4 is 5.32 Å². The molecule has 1 aliphatic heterocycles. The van der Waals surface area contributed by atoms with E-state index in [4.69, 9.17) is 0 Å². The van der Waals surface area contributed by atoms with Gasteiger partial charge in [0.15, 0.2) is 0 Å². The molecule has 0 aromatic carbocycles. The van der Waals surface area contributed by atoms with Crippen molar-refractivity contribution in [3.8, 4) is 0 Å². The smallest absolute Gasteiger partial charge is 0.248 e. The molecular weight excluding hydrogens is 242 g/mol. The Labute approximate surface area is 113 Å². The van der Waals surface area contributed by atoms with E-state index >= 15 is 0 Å². The molecule has 0 radical (unpaired) electrons. The number of hydrogen-bond acceptors (Lipinski definition) is 3. The molecule has 1 fully saturated rings. The molecule has 0 saturated carbocycles. The summed E-state index contributed by atoms with van der Waals surface area (Å²) in [4.78, 5) is 29.8. The molecule has 2 amide bonds. The van der Waals surface area contributed by atoms with E-state index in [-0.39, 0.29) is 11.8 Å². The zero-order chi connectivity index (χ0) is 14.0. The van der Waals surface area contributed by atoms with Crippen LogP contribution in [0, 0.1) is 6.92 Å². The van der Waals surface area contributed by atoms with E-state index in [9.17, 15) is 9.59 Å². The van der Waals surface area contributed by atoms with Crippen LogP contribution >= 0.6 is 0 Å². The van der Waals surface area contributed by atoms with E-state index in [1.54, 1.807) is 31.1 Å². The van der Waals surface area contributed by atoms with Crippen LogP contribution in [0.3, 0.4) is 0 Å². The third-order valence-corrected chi connectivity index (χ3v) is 3.38. The molecule has 1 aliphatic rings. The van der Waals surface area contributed by atoms with Crippen molar-refractivity contribution in [3.63, 3.8) is 0 Å². The first kappa shape index (κ1) is 13.5. The minimum absolute atomic E-state index is 0.0467. The van der Waals surface area contributed by atoms with Crippen molar-refractivity contribution in [1.29, 1.82) is 0 Å². The highest BCUT2D eigenvalue weighted by molar-refractivity contribution is 5.92. The number of nitrogens with one attached hydrogen (secondary N) is 1. The lowest BCUT2D eigenvalue weighted by atomic mass is 10.0. The van der Waals surface area contributed by atoms with Crippen LogP contribution in [-0.2, 0) is 16.1 Å². The Hall–Kier alpha value is -1.91. The number of nitrogens with zero attached hydrogens (tertiary/aromatic N) is 2. The first-order chi connectivity index (χ1) is 8.90. The molecule has 0 spiro atoms. The third kappa shape index (κ3) is 2.92. The van der Waals surface area contributed by atoms with E-state index in [0.717, 1.165) is 11.1 Å². The molecule has 0 atom stereocenters. The van der Waals surface area contributed by atoms with E-state index in [1.165, 1.54) is 0 Å². The fourth-order valence-electron chi connectivity index (χ4n) is 2.23. The Morgan fingerprint density at radius 3 is 2.84 bits per heavy atom. The molecule has 1 aromatic rings. The number of rotatable bonds is 2. The third-order valence-electron chi connectivity index (χ3n) is 3.38. The summed E-state index contributed by atoms with van der Waals surface area (Å²) in [6.45, 7) is 6.43. The minimum Gasteiger partial charge on any atom is -0.342 e. The molecule has 2 heterocycles. The van der Waals surface area contributed by atoms with E-state index in [0.29, 0.717) is 19.5 Å². The molecule has 1 saturated heterocycles. The van der Waals surface area contributed by atoms with Crippen molar-refractivity contribution in [2.45, 2.75) is 39.3 Å². The van der Waals surface area contributed by atoms with Crippen LogP contribution in [0.15, 0.2) is 18.5 Å². The lowest BCUT2D eigenvalue weighted by Crippen LogP contribution is -2.52. The Morgan fingerprint density at radius 1 is 1.42 bits per heavy atom. The Kier molecular flexibility index (Phi) is 3.55. The van der Waals surface area contributed by atoms with E-state index in [1.807, 2.05) is 13.0 Å². The fraction of sp³-hybridized carbons (Fsp3) is 0.500. The average molecular weight is 261 g/mol. The van der Waals surface area contributed by atoms with Gasteiger partial charge in [-0.1, -0.05) is 0 Å². The van der Waals surface area contributed by atoms with Gasteiger partial charge in [0.05, 0.1) is 0 Å². The van der Waals surface area contributed by atoms with Gasteiger partial charge in [-0.3, -0.25) is 14.6 Å². The van der Waals surface area contributed by atoms with E-state index < -0.39 is 5.54 Å². The normalized spacial score (nSPS) is 19.0. The minimum atomic E-state index is -0.839. The predicted molar refractivity (Wildman–Crippen MR) is 71.2 cm³/mol. The second kappa shape index (κ2) is 4.99. The highest BCUT2D eigenvalue weighted by Crippen LogP contribution is 2.17. The molecule has 0 unspecified atom stereocenters. The maximum Gasteiger partial charge on any atom is 0.248 e. The van der Waals surface area contributed by atoms with Crippen molar-refractivity contribution in [2.24, 2.45) is 0 Å². The van der Waals surface area contributed by atoms with Crippen molar-refractivity contribution < 1.29 is 9.59 Å². The summed E-state index contributed by atoms with van der Waals surface area (Å²) >= 11 is 0. The predicted octanol–water partition coefficient (Wildman–Crippen LogP) is 1.02. The average Bonchev–Trinajstić information content (AvgIpc) is 2.43. The van der Waals surface area contributed by atoms with Crippen LogP contribution in [0.5, 0.6) is 0 Å². The lowest BCUT2D eigenvalue weighted by molar-refractivity contribution is -0.137. The molecule has 1 aromatic heterocycles. The second-order valence-corrected chi connectivity index (χ2v) is 5.45. The van der Waals surface area contributed by atoms with Gasteiger partial charge in [0.1, 0.15) is 5.54 Å². The monoisotopic (exact) mass is 261 g/mol. The summed E-state index contributed by atoms with van der Waals surface area (Å²) in [5.74, 6) is -0.123. The van der Waals surface area contributed by atoms with Crippen molar-refractivity contribution >= 4 is 11.8 Å². The lowest BCUT2D eigenvalue weighted by Gasteiger charge is -2.29. The first-order valence-electron chi connectivity index (χ1n) is 6.40. The van der Waals surface area contributed by atoms with Gasteiger partial charge in [0.25, 0.3) is 0 Å². The zero-order valence-electron chi connectivity index (χ0n) is 11.6. The standard InChI is InChI=1S/C14H19N3O2/c1-10-8-15-6-4-11(10)9-17-7-5-12(18)16-14(2,3)13(17)19/h4,6,8H,5,7,9H2,1-3H3,(H,16,18). The van der Waals surface area contributed by atoms with Gasteiger partial charge < -0.3 is 10.2 Å². The van der Waals surface area contributed by atoms with Crippen LogP contribution in [0.1, 0.15) is 31.4 Å². The number of carbonyl (C=O) groups excluding carboxylic acids is 2. The van der Waals surface area contributed by atoms with Gasteiger partial charge in [-0.25, -0.2) is 0 Å². The van der Waals surface area contributed by atoms with Crippen LogP contribution in [-0.4, -0.2) is 33.8 Å². The molecule has 102 valence electrons. The number of hydrogen-bond donors (Lipinski definition) is 1. The molecule has 5 heteroatoms. The number of pyridine rings is 1. The first-order valence-corrected chi connectivity index (χ1v) is 6.40. The van der Waals surface area contributed by atoms with Crippen molar-refractivity contribution in [1.82, 2.24) is 15.2 Å². The van der Waals surface area contributed by atoms with Crippen LogP contribution in [0.25, 0.3) is 0 Å². The summed E-state index contributed by atoms with van der Waals surface area (Å²) in [5.41, 5.74) is 1.28. The van der Waals surface area contributed by atoms with Gasteiger partial charge in [-0.05, 0) is 38.0 Å². The highest BCUT2D eigenvalue weighted by atomic mass is 16.2. The number of amides is 2. The quantitative estimate of drug-likeness (QED) is 0.864. The van der Waals surface area contributed by atoms with Gasteiger partial charge in [-0.15, -0.1) is 0 Å². The SMILES string of the molecule is Cc1cnccc1CN1CCC(=O)NC(C)(C)C1=O. The van der Waals surface area contributed by atoms with Crippen LogP contribution in [0.2, 0.25) is 0 Å². The van der Waals surface area contributed by atoms with E-state index in [2.05, 4.69) is 10.3 Å². The topological polar surface area (TPSA) is 62.3 Å². The largest absolute Gasteiger partial charge is 0.342 e. The molecule has 2 rings (SSSR count). The Bertz CT molecular complexity index is 511. The molecular formula is C14H19N3O2. The van der Waals surface area contributed by atoms with Gasteiger partial charge in [-0.2, -0.15) is 0 Å². The molecule has 1 N–H and O–H groups in total. The summed E-state index contributed by atoms with van der Waals surface area (Å²) in [6.07, 6.45) is 3.85. The van der Waals surface area contributed by atoms with Gasteiger partial charge in [0.2, 0.25) is 11.8 Å². The summed E-state index contributed by atoms with van der Waals surface area (Å²) < 4.78 is 0. The maximum absolute atomic E-state index is 12.4. The van der Waals surface area contributed by atoms with Crippen molar-refractivity contribution in [2.75, 3.05) is 6.54 Å². The summed E-state index contributed by atoms with van der Waals surface area (Å²) in [6, 6.07) is 1.91. The molecule has 0 aliphatic carbocycles. The number of carbonyl (C=O) groups is 2. The Balaban J connectivity index is 2.22. The molecule has 0 bridgehead atoms. The molecule has 5 nitrogen and oxygen atoms in total. The molecule has 19 heavy (non-hydrogen) atoms. The fourth-order valence-corrected chi connectivity index (χ4v) is 2.23. The number of aryl methyl sites for hydroxylation is 1. The van der Waals surface area contributed by atoms with Crippen molar-refractivity contribution in [3.05, 3.63) is 29.6 Å². The van der Waals surface area contributed by atoms with Crippen LogP contribution in [0.4, 0.5) is 0 Å². The van der Waals surface area contributed by atoms with Gasteiger partial charge >= 0.3 is 0 Å². The van der Waals surface area contributed by atoms with Gasteiger partial charge in [0, 0.05) is 31.9 Å².